The second-order valence-corrected chi connectivity index (χ2v) is 11.2. The summed E-state index contributed by atoms with van der Waals surface area (Å²) in [5.41, 5.74) is 2.33. The third kappa shape index (κ3) is 4.29. The predicted octanol–water partition coefficient (Wildman–Crippen LogP) is 3.49. The molecular formula is C23H22N4O4S2. The summed E-state index contributed by atoms with van der Waals surface area (Å²) < 4.78 is 28.7. The zero-order valence-corrected chi connectivity index (χ0v) is 19.5. The zero-order valence-electron chi connectivity index (χ0n) is 17.9. The van der Waals surface area contributed by atoms with Gasteiger partial charge >= 0.3 is 0 Å². The molecular weight excluding hydrogens is 460 g/mol. The first-order valence-electron chi connectivity index (χ1n) is 10.6. The van der Waals surface area contributed by atoms with Crippen molar-refractivity contribution >= 4 is 53.5 Å². The van der Waals surface area contributed by atoms with Crippen LogP contribution in [-0.2, 0) is 14.8 Å². The lowest BCUT2D eigenvalue weighted by molar-refractivity contribution is -0.120. The summed E-state index contributed by atoms with van der Waals surface area (Å²) in [6.07, 6.45) is 0.881. The molecule has 0 spiro atoms. The Balaban J connectivity index is 1.26. The number of H-pyrrole nitrogens is 1. The number of benzene rings is 2. The first kappa shape index (κ1) is 21.7. The number of hydrogen-bond donors (Lipinski definition) is 2. The monoisotopic (exact) mass is 482 g/mol. The number of carbonyl (C=O) groups is 1. The fraction of sp³-hybridized carbons (Fsp3) is 0.261. The summed E-state index contributed by atoms with van der Waals surface area (Å²) in [4.78, 5) is 31.6. The minimum Gasteiger partial charge on any atom is -0.322 e. The highest BCUT2D eigenvalue weighted by Gasteiger charge is 2.32. The lowest BCUT2D eigenvalue weighted by Crippen LogP contribution is -2.41. The van der Waals surface area contributed by atoms with Crippen molar-refractivity contribution in [2.45, 2.75) is 24.7 Å². The number of aryl methyl sites for hydroxylation is 1. The van der Waals surface area contributed by atoms with Crippen LogP contribution in [0.15, 0.2) is 58.2 Å². The Labute approximate surface area is 194 Å². The Hall–Kier alpha value is -3.08. The number of rotatable bonds is 4. The van der Waals surface area contributed by atoms with Crippen LogP contribution >= 0.6 is 11.3 Å². The third-order valence-corrected chi connectivity index (χ3v) is 8.76. The first-order chi connectivity index (χ1) is 15.8. The Bertz CT molecular complexity index is 1530. The van der Waals surface area contributed by atoms with Gasteiger partial charge in [-0.05, 0) is 67.1 Å². The maximum absolute atomic E-state index is 13.1. The van der Waals surface area contributed by atoms with Crippen molar-refractivity contribution < 1.29 is 13.2 Å². The zero-order chi connectivity index (χ0) is 23.2. The van der Waals surface area contributed by atoms with E-state index >= 15 is 0 Å². The number of nitrogens with one attached hydrogen (secondary N) is 2. The smallest absolute Gasteiger partial charge is 0.248 e. The summed E-state index contributed by atoms with van der Waals surface area (Å²) in [6.45, 7) is 2.55. The van der Waals surface area contributed by atoms with Gasteiger partial charge in [-0.2, -0.15) is 4.31 Å². The molecule has 2 N–H and O–H groups in total. The van der Waals surface area contributed by atoms with Crippen molar-refractivity contribution in [2.24, 2.45) is 5.92 Å². The van der Waals surface area contributed by atoms with Crippen molar-refractivity contribution in [1.82, 2.24) is 14.3 Å². The lowest BCUT2D eigenvalue weighted by Gasteiger charge is -2.30. The normalized spacial score (nSPS) is 15.8. The topological polar surface area (TPSA) is 112 Å². The lowest BCUT2D eigenvalue weighted by atomic mass is 9.97. The molecule has 0 bridgehead atoms. The van der Waals surface area contributed by atoms with E-state index in [-0.39, 0.29) is 35.4 Å². The van der Waals surface area contributed by atoms with E-state index in [4.69, 9.17) is 0 Å². The number of carbonyl (C=O) groups excluding carboxylic acids is 1. The molecule has 0 saturated carbocycles. The van der Waals surface area contributed by atoms with Crippen molar-refractivity contribution in [1.29, 1.82) is 0 Å². The average Bonchev–Trinajstić information content (AvgIpc) is 3.20. The van der Waals surface area contributed by atoms with Crippen molar-refractivity contribution in [2.75, 3.05) is 18.4 Å². The molecule has 4 aromatic rings. The number of nitrogens with zero attached hydrogens (tertiary/aromatic N) is 2. The van der Waals surface area contributed by atoms with Crippen molar-refractivity contribution in [3.8, 4) is 0 Å². The molecule has 0 radical (unpaired) electrons. The Kier molecular flexibility index (Phi) is 5.51. The average molecular weight is 483 g/mol. The summed E-state index contributed by atoms with van der Waals surface area (Å²) in [5, 5.41) is 4.11. The van der Waals surface area contributed by atoms with Crippen LogP contribution in [0.5, 0.6) is 0 Å². The number of piperidine rings is 1. The summed E-state index contributed by atoms with van der Waals surface area (Å²) in [7, 11) is -3.69. The number of aromatic amines is 1. The van der Waals surface area contributed by atoms with Crippen LogP contribution in [0.4, 0.5) is 5.13 Å². The molecule has 1 saturated heterocycles. The molecule has 0 aliphatic carbocycles. The van der Waals surface area contributed by atoms with Crippen molar-refractivity contribution in [3.05, 3.63) is 64.4 Å². The maximum atomic E-state index is 13.1. The molecule has 170 valence electrons. The molecule has 1 fully saturated rings. The van der Waals surface area contributed by atoms with E-state index in [0.717, 1.165) is 15.8 Å². The Morgan fingerprint density at radius 2 is 1.91 bits per heavy atom. The first-order valence-corrected chi connectivity index (χ1v) is 12.9. The van der Waals surface area contributed by atoms with E-state index in [1.165, 1.54) is 27.8 Å². The van der Waals surface area contributed by atoms with E-state index in [1.54, 1.807) is 18.2 Å². The van der Waals surface area contributed by atoms with E-state index in [2.05, 4.69) is 15.3 Å². The van der Waals surface area contributed by atoms with Gasteiger partial charge in [0, 0.05) is 30.6 Å². The van der Waals surface area contributed by atoms with Crippen LogP contribution in [0.2, 0.25) is 0 Å². The predicted molar refractivity (Wildman–Crippen MR) is 129 cm³/mol. The van der Waals surface area contributed by atoms with Crippen LogP contribution in [-0.4, -0.2) is 41.7 Å². The Morgan fingerprint density at radius 1 is 1.12 bits per heavy atom. The largest absolute Gasteiger partial charge is 0.322 e. The number of amides is 1. The molecule has 3 heterocycles. The van der Waals surface area contributed by atoms with Gasteiger partial charge in [0.2, 0.25) is 21.5 Å². The Morgan fingerprint density at radius 3 is 2.70 bits per heavy atom. The quantitative estimate of drug-likeness (QED) is 0.462. The summed E-state index contributed by atoms with van der Waals surface area (Å²) >= 11 is 1.44. The standard InChI is InChI=1S/C23H22N4O4S2/c1-14-2-5-19-20(12-14)32-23(25-19)26-22(29)15-8-10-27(11-9-15)33(30,31)17-4-6-18-16(13-17)3-7-21(28)24-18/h2-7,12-13,15H,8-11H2,1H3,(H,24,28)(H,25,26,29). The van der Waals surface area contributed by atoms with Crippen molar-refractivity contribution in [3.63, 3.8) is 0 Å². The number of thiazole rings is 1. The molecule has 1 amide bonds. The van der Waals surface area contributed by atoms with Gasteiger partial charge in [0.25, 0.3) is 0 Å². The molecule has 2 aromatic carbocycles. The molecule has 5 rings (SSSR count). The van der Waals surface area contributed by atoms with Gasteiger partial charge in [-0.25, -0.2) is 13.4 Å². The fourth-order valence-electron chi connectivity index (χ4n) is 4.09. The highest BCUT2D eigenvalue weighted by Crippen LogP contribution is 2.29. The molecule has 1 aliphatic heterocycles. The number of hydrogen-bond acceptors (Lipinski definition) is 6. The fourth-order valence-corrected chi connectivity index (χ4v) is 6.57. The molecule has 0 unspecified atom stereocenters. The van der Waals surface area contributed by atoms with E-state index < -0.39 is 10.0 Å². The van der Waals surface area contributed by atoms with Gasteiger partial charge in [0.1, 0.15) is 0 Å². The van der Waals surface area contributed by atoms with E-state index in [9.17, 15) is 18.0 Å². The second kappa shape index (κ2) is 8.36. The van der Waals surface area contributed by atoms with Crippen LogP contribution in [0, 0.1) is 12.8 Å². The molecule has 1 aliphatic rings. The van der Waals surface area contributed by atoms with Crippen LogP contribution in [0.3, 0.4) is 0 Å². The SMILES string of the molecule is Cc1ccc2nc(NC(=O)C3CCN(S(=O)(=O)c4ccc5[nH]c(=O)ccc5c4)CC3)sc2c1. The minimum absolute atomic E-state index is 0.127. The summed E-state index contributed by atoms with van der Waals surface area (Å²) in [6, 6.07) is 13.6. The van der Waals surface area contributed by atoms with Crippen LogP contribution in [0.1, 0.15) is 18.4 Å². The number of sulfonamides is 1. The van der Waals surface area contributed by atoms with Gasteiger partial charge in [-0.15, -0.1) is 0 Å². The third-order valence-electron chi connectivity index (χ3n) is 5.93. The number of aromatic nitrogens is 2. The highest BCUT2D eigenvalue weighted by atomic mass is 32.2. The highest BCUT2D eigenvalue weighted by molar-refractivity contribution is 7.89. The van der Waals surface area contributed by atoms with Gasteiger partial charge < -0.3 is 10.3 Å². The maximum Gasteiger partial charge on any atom is 0.248 e. The number of fused-ring (bicyclic) bond motifs is 2. The van der Waals surface area contributed by atoms with Crippen LogP contribution in [0.25, 0.3) is 21.1 Å². The van der Waals surface area contributed by atoms with E-state index in [0.29, 0.717) is 28.9 Å². The molecule has 0 atom stereocenters. The van der Waals surface area contributed by atoms with Gasteiger partial charge in [0.15, 0.2) is 5.13 Å². The minimum atomic E-state index is -3.69. The van der Waals surface area contributed by atoms with Gasteiger partial charge in [-0.1, -0.05) is 17.4 Å². The number of pyridine rings is 1. The number of anilines is 1. The van der Waals surface area contributed by atoms with Gasteiger partial charge in [0.05, 0.1) is 15.1 Å². The summed E-state index contributed by atoms with van der Waals surface area (Å²) in [5.74, 6) is -0.399. The molecule has 10 heteroatoms. The van der Waals surface area contributed by atoms with Gasteiger partial charge in [-0.3, -0.25) is 9.59 Å². The molecule has 2 aromatic heterocycles. The molecule has 8 nitrogen and oxygen atoms in total. The second-order valence-electron chi connectivity index (χ2n) is 8.23. The molecule has 33 heavy (non-hydrogen) atoms. The van der Waals surface area contributed by atoms with E-state index in [1.807, 2.05) is 25.1 Å². The van der Waals surface area contributed by atoms with Crippen LogP contribution < -0.4 is 10.9 Å².